The maximum atomic E-state index is 11.4. The zero-order chi connectivity index (χ0) is 14.4. The molecule has 2 N–H and O–H groups in total. The van der Waals surface area contributed by atoms with Crippen LogP contribution in [0.3, 0.4) is 0 Å². The number of carbonyl (C=O) groups excluding carboxylic acids is 1. The molecule has 0 aliphatic carbocycles. The first-order valence-electron chi connectivity index (χ1n) is 5.66. The highest BCUT2D eigenvalue weighted by molar-refractivity contribution is 5.75. The van der Waals surface area contributed by atoms with Crippen molar-refractivity contribution < 1.29 is 24.5 Å². The molecule has 6 heteroatoms. The standard InChI is InChI=1S/C13H15NO5/c1-3-19-13(17)12(16)11(15)10-6-9(18-2)5-4-8(10)7-14/h4-6,11-12,15-16H,3H2,1-2H3. The smallest absolute Gasteiger partial charge is 0.338 e. The Morgan fingerprint density at radius 3 is 2.68 bits per heavy atom. The fraction of sp³-hybridized carbons (Fsp3) is 0.385. The predicted molar refractivity (Wildman–Crippen MR) is 65.3 cm³/mol. The van der Waals surface area contributed by atoms with Gasteiger partial charge in [-0.05, 0) is 25.1 Å². The molecule has 1 aromatic rings. The Morgan fingerprint density at radius 1 is 1.47 bits per heavy atom. The minimum absolute atomic E-state index is 0.0891. The van der Waals surface area contributed by atoms with Crippen LogP contribution in [0.1, 0.15) is 24.2 Å². The van der Waals surface area contributed by atoms with Gasteiger partial charge in [0.25, 0.3) is 0 Å². The van der Waals surface area contributed by atoms with E-state index >= 15 is 0 Å². The van der Waals surface area contributed by atoms with E-state index in [4.69, 9.17) is 10.00 Å². The third-order valence-electron chi connectivity index (χ3n) is 2.52. The molecule has 2 atom stereocenters. The fourth-order valence-corrected chi connectivity index (χ4v) is 1.54. The molecule has 0 heterocycles. The molecule has 0 aliphatic rings. The summed E-state index contributed by atoms with van der Waals surface area (Å²) in [6.45, 7) is 1.68. The Labute approximate surface area is 110 Å². The number of benzene rings is 1. The number of ether oxygens (including phenoxy) is 2. The third kappa shape index (κ3) is 3.44. The Hall–Kier alpha value is -2.10. The summed E-state index contributed by atoms with van der Waals surface area (Å²) >= 11 is 0. The Balaban J connectivity index is 3.07. The summed E-state index contributed by atoms with van der Waals surface area (Å²) in [5.41, 5.74) is 0.263. The Kier molecular flexibility index (Phi) is 5.30. The molecule has 0 fully saturated rings. The lowest BCUT2D eigenvalue weighted by Crippen LogP contribution is -2.30. The molecule has 102 valence electrons. The highest BCUT2D eigenvalue weighted by atomic mass is 16.5. The highest BCUT2D eigenvalue weighted by Crippen LogP contribution is 2.26. The SMILES string of the molecule is CCOC(=O)C(O)C(O)c1cc(OC)ccc1C#N. The van der Waals surface area contributed by atoms with Crippen molar-refractivity contribution in [2.24, 2.45) is 0 Å². The molecule has 19 heavy (non-hydrogen) atoms. The van der Waals surface area contributed by atoms with Gasteiger partial charge in [0.05, 0.1) is 25.3 Å². The molecular formula is C13H15NO5. The number of aliphatic hydroxyl groups excluding tert-OH is 2. The zero-order valence-corrected chi connectivity index (χ0v) is 10.7. The van der Waals surface area contributed by atoms with Crippen molar-refractivity contribution in [2.75, 3.05) is 13.7 Å². The summed E-state index contributed by atoms with van der Waals surface area (Å²) in [6.07, 6.45) is -3.30. The topological polar surface area (TPSA) is 99.8 Å². The number of aliphatic hydroxyl groups is 2. The Bertz CT molecular complexity index is 494. The van der Waals surface area contributed by atoms with Crippen LogP contribution in [0.4, 0.5) is 0 Å². The van der Waals surface area contributed by atoms with Crippen molar-refractivity contribution in [3.63, 3.8) is 0 Å². The van der Waals surface area contributed by atoms with Crippen LogP contribution in [-0.4, -0.2) is 36.0 Å². The van der Waals surface area contributed by atoms with Crippen molar-refractivity contribution in [1.29, 1.82) is 5.26 Å². The number of esters is 1. The first kappa shape index (κ1) is 15.0. The summed E-state index contributed by atoms with van der Waals surface area (Å²) in [6, 6.07) is 6.26. The van der Waals surface area contributed by atoms with Gasteiger partial charge in [0.1, 0.15) is 11.9 Å². The maximum Gasteiger partial charge on any atom is 0.338 e. The van der Waals surface area contributed by atoms with Crippen molar-refractivity contribution in [1.82, 2.24) is 0 Å². The van der Waals surface area contributed by atoms with Crippen LogP contribution in [0.2, 0.25) is 0 Å². The second-order valence-corrected chi connectivity index (χ2v) is 3.71. The average Bonchev–Trinajstić information content (AvgIpc) is 2.45. The van der Waals surface area contributed by atoms with Gasteiger partial charge >= 0.3 is 5.97 Å². The third-order valence-corrected chi connectivity index (χ3v) is 2.52. The van der Waals surface area contributed by atoms with Gasteiger partial charge in [-0.3, -0.25) is 0 Å². The number of hydrogen-bond donors (Lipinski definition) is 2. The van der Waals surface area contributed by atoms with Crippen LogP contribution in [0, 0.1) is 11.3 Å². The normalized spacial score (nSPS) is 13.2. The Morgan fingerprint density at radius 2 is 2.16 bits per heavy atom. The molecule has 0 bridgehead atoms. The number of methoxy groups -OCH3 is 1. The molecule has 1 rings (SSSR count). The van der Waals surface area contributed by atoms with Crippen LogP contribution in [-0.2, 0) is 9.53 Å². The molecule has 6 nitrogen and oxygen atoms in total. The lowest BCUT2D eigenvalue weighted by atomic mass is 9.99. The van der Waals surface area contributed by atoms with E-state index < -0.39 is 18.2 Å². The van der Waals surface area contributed by atoms with Crippen LogP contribution >= 0.6 is 0 Å². The van der Waals surface area contributed by atoms with Crippen LogP contribution in [0.15, 0.2) is 18.2 Å². The molecule has 0 spiro atoms. The van der Waals surface area contributed by atoms with E-state index in [1.807, 2.05) is 6.07 Å². The van der Waals surface area contributed by atoms with E-state index in [-0.39, 0.29) is 17.7 Å². The quantitative estimate of drug-likeness (QED) is 0.753. The van der Waals surface area contributed by atoms with Gasteiger partial charge in [0.15, 0.2) is 6.10 Å². The minimum Gasteiger partial charge on any atom is -0.497 e. The number of nitriles is 1. The second kappa shape index (κ2) is 6.73. The lowest BCUT2D eigenvalue weighted by Gasteiger charge is -2.18. The van der Waals surface area contributed by atoms with Gasteiger partial charge in [-0.25, -0.2) is 4.79 Å². The minimum atomic E-state index is -1.75. The van der Waals surface area contributed by atoms with Crippen LogP contribution < -0.4 is 4.74 Å². The summed E-state index contributed by atoms with van der Waals surface area (Å²) in [7, 11) is 1.43. The summed E-state index contributed by atoms with van der Waals surface area (Å²) in [5.74, 6) is -0.536. The number of nitrogens with zero attached hydrogens (tertiary/aromatic N) is 1. The summed E-state index contributed by atoms with van der Waals surface area (Å²) in [4.78, 5) is 11.4. The molecule has 2 unspecified atom stereocenters. The van der Waals surface area contributed by atoms with Gasteiger partial charge < -0.3 is 19.7 Å². The molecule has 0 saturated carbocycles. The number of rotatable bonds is 5. The number of carbonyl (C=O) groups is 1. The summed E-state index contributed by atoms with van der Waals surface area (Å²) < 4.78 is 9.59. The number of hydrogen-bond acceptors (Lipinski definition) is 6. The van der Waals surface area contributed by atoms with Gasteiger partial charge in [0.2, 0.25) is 0 Å². The molecular weight excluding hydrogens is 250 g/mol. The molecule has 0 amide bonds. The van der Waals surface area contributed by atoms with E-state index in [0.717, 1.165) is 0 Å². The van der Waals surface area contributed by atoms with E-state index in [9.17, 15) is 15.0 Å². The van der Waals surface area contributed by atoms with Crippen molar-refractivity contribution in [2.45, 2.75) is 19.1 Å². The van der Waals surface area contributed by atoms with Crippen molar-refractivity contribution in [3.05, 3.63) is 29.3 Å². The zero-order valence-electron chi connectivity index (χ0n) is 10.7. The maximum absolute atomic E-state index is 11.4. The lowest BCUT2D eigenvalue weighted by molar-refractivity contribution is -0.159. The van der Waals surface area contributed by atoms with E-state index in [2.05, 4.69) is 4.74 Å². The molecule has 0 saturated heterocycles. The highest BCUT2D eigenvalue weighted by Gasteiger charge is 2.29. The van der Waals surface area contributed by atoms with Gasteiger partial charge in [-0.15, -0.1) is 0 Å². The first-order valence-corrected chi connectivity index (χ1v) is 5.66. The van der Waals surface area contributed by atoms with Crippen molar-refractivity contribution >= 4 is 5.97 Å². The molecule has 0 aliphatic heterocycles. The monoisotopic (exact) mass is 265 g/mol. The molecule has 0 radical (unpaired) electrons. The van der Waals surface area contributed by atoms with Gasteiger partial charge in [0, 0.05) is 5.56 Å². The second-order valence-electron chi connectivity index (χ2n) is 3.71. The van der Waals surface area contributed by atoms with Gasteiger partial charge in [-0.2, -0.15) is 5.26 Å². The van der Waals surface area contributed by atoms with Gasteiger partial charge in [-0.1, -0.05) is 0 Å². The fourth-order valence-electron chi connectivity index (χ4n) is 1.54. The van der Waals surface area contributed by atoms with Crippen LogP contribution in [0.5, 0.6) is 5.75 Å². The molecule has 0 aromatic heterocycles. The first-order chi connectivity index (χ1) is 9.04. The van der Waals surface area contributed by atoms with Crippen LogP contribution in [0.25, 0.3) is 0 Å². The van der Waals surface area contributed by atoms with E-state index in [0.29, 0.717) is 5.75 Å². The average molecular weight is 265 g/mol. The molecule has 1 aromatic carbocycles. The van der Waals surface area contributed by atoms with E-state index in [1.54, 1.807) is 13.0 Å². The van der Waals surface area contributed by atoms with E-state index in [1.165, 1.54) is 19.2 Å². The largest absolute Gasteiger partial charge is 0.497 e. The van der Waals surface area contributed by atoms with Crippen molar-refractivity contribution in [3.8, 4) is 11.8 Å². The summed E-state index contributed by atoms with van der Waals surface area (Å²) in [5, 5.41) is 28.6. The predicted octanol–water partition coefficient (Wildman–Crippen LogP) is 0.524.